The largest absolute Gasteiger partial charge is 0.461 e. The van der Waals surface area contributed by atoms with Crippen molar-refractivity contribution in [2.24, 2.45) is 7.05 Å². The van der Waals surface area contributed by atoms with E-state index in [1.807, 2.05) is 0 Å². The van der Waals surface area contributed by atoms with Gasteiger partial charge in [-0.15, -0.1) is 8.96 Å². The van der Waals surface area contributed by atoms with Crippen molar-refractivity contribution in [1.29, 1.82) is 0 Å². The standard InChI is InChI=1S/C6H6F5N2/c1-12-2-3-13(5(12)9)6(10,11)4(7)8/h2-4H,1H3/q+1. The molecule has 2 nitrogen and oxygen atoms in total. The summed E-state index contributed by atoms with van der Waals surface area (Å²) in [6.45, 7) is 0. The highest BCUT2D eigenvalue weighted by Crippen LogP contribution is 2.28. The molecule has 0 amide bonds. The number of imidazole rings is 1. The van der Waals surface area contributed by atoms with E-state index in [0.717, 1.165) is 13.2 Å². The lowest BCUT2D eigenvalue weighted by atomic mass is 10.5. The fraction of sp³-hybridized carbons (Fsp3) is 0.500. The lowest BCUT2D eigenvalue weighted by Gasteiger charge is -2.10. The van der Waals surface area contributed by atoms with Crippen LogP contribution in [0.2, 0.25) is 0 Å². The number of nitrogens with zero attached hydrogens (tertiary/aromatic N) is 2. The predicted molar refractivity (Wildman–Crippen MR) is 31.8 cm³/mol. The number of hydrogen-bond donors (Lipinski definition) is 0. The number of hydrogen-bond acceptors (Lipinski definition) is 0. The van der Waals surface area contributed by atoms with Crippen LogP contribution >= 0.6 is 0 Å². The second kappa shape index (κ2) is 2.97. The molecule has 7 heteroatoms. The summed E-state index contributed by atoms with van der Waals surface area (Å²) >= 11 is 0. The smallest absolute Gasteiger partial charge is 0.207 e. The van der Waals surface area contributed by atoms with Crippen LogP contribution in [0.15, 0.2) is 12.4 Å². The van der Waals surface area contributed by atoms with Gasteiger partial charge in [-0.2, -0.15) is 17.6 Å². The highest BCUT2D eigenvalue weighted by atomic mass is 19.3. The molecule has 1 aromatic heterocycles. The summed E-state index contributed by atoms with van der Waals surface area (Å²) in [6, 6.07) is -4.51. The maximum absolute atomic E-state index is 12.7. The molecule has 1 rings (SSSR count). The maximum Gasteiger partial charge on any atom is 0.461 e. The molecule has 13 heavy (non-hydrogen) atoms. The van der Waals surface area contributed by atoms with Gasteiger partial charge in [-0.1, -0.05) is 0 Å². The number of aryl methyl sites for hydroxylation is 1. The van der Waals surface area contributed by atoms with Crippen molar-refractivity contribution < 1.29 is 26.5 Å². The summed E-state index contributed by atoms with van der Waals surface area (Å²) in [7, 11) is 1.13. The molecule has 0 aliphatic rings. The quantitative estimate of drug-likeness (QED) is 0.503. The third-order valence-corrected chi connectivity index (χ3v) is 1.51. The van der Waals surface area contributed by atoms with Gasteiger partial charge in [-0.25, -0.2) is 4.57 Å². The van der Waals surface area contributed by atoms with Crippen LogP contribution in [0.3, 0.4) is 0 Å². The second-order valence-corrected chi connectivity index (χ2v) is 2.44. The topological polar surface area (TPSA) is 8.81 Å². The normalized spacial score (nSPS) is 12.5. The molecular formula is C6H6F5N2+. The van der Waals surface area contributed by atoms with E-state index in [2.05, 4.69) is 0 Å². The van der Waals surface area contributed by atoms with E-state index in [4.69, 9.17) is 0 Å². The minimum absolute atomic E-state index is 0.405. The maximum atomic E-state index is 12.7. The Morgan fingerprint density at radius 1 is 1.46 bits per heavy atom. The number of rotatable bonds is 2. The van der Waals surface area contributed by atoms with E-state index < -0.39 is 23.1 Å². The number of halogens is 5. The highest BCUT2D eigenvalue weighted by Gasteiger charge is 2.50. The average Bonchev–Trinajstić information content (AvgIpc) is 2.33. The molecular weight excluding hydrogens is 195 g/mol. The Kier molecular flexibility index (Phi) is 2.27. The molecule has 1 heterocycles. The van der Waals surface area contributed by atoms with Crippen molar-refractivity contribution in [3.8, 4) is 0 Å². The number of aromatic nitrogens is 2. The van der Waals surface area contributed by atoms with Crippen LogP contribution in [-0.4, -0.2) is 11.0 Å². The lowest BCUT2D eigenvalue weighted by molar-refractivity contribution is -0.701. The Bertz CT molecular complexity index is 306. The van der Waals surface area contributed by atoms with Crippen LogP contribution in [0, 0.1) is 6.08 Å². The van der Waals surface area contributed by atoms with E-state index >= 15 is 0 Å². The zero-order chi connectivity index (χ0) is 10.2. The Morgan fingerprint density at radius 3 is 2.31 bits per heavy atom. The van der Waals surface area contributed by atoms with Crippen molar-refractivity contribution in [1.82, 2.24) is 4.57 Å². The molecule has 74 valence electrons. The van der Waals surface area contributed by atoms with Gasteiger partial charge in [0.2, 0.25) is 0 Å². The number of alkyl halides is 4. The fourth-order valence-corrected chi connectivity index (χ4v) is 0.787. The van der Waals surface area contributed by atoms with Crippen molar-refractivity contribution in [3.05, 3.63) is 18.5 Å². The lowest BCUT2D eigenvalue weighted by Crippen LogP contribution is -2.38. The molecule has 0 spiro atoms. The summed E-state index contributed by atoms with van der Waals surface area (Å²) in [5, 5.41) is 0. The van der Waals surface area contributed by atoms with Crippen molar-refractivity contribution in [2.45, 2.75) is 12.5 Å². The molecule has 0 saturated carbocycles. The molecule has 0 aliphatic carbocycles. The average molecular weight is 201 g/mol. The van der Waals surface area contributed by atoms with Gasteiger partial charge in [-0.05, 0) is 0 Å². The van der Waals surface area contributed by atoms with Gasteiger partial charge >= 0.3 is 18.6 Å². The second-order valence-electron chi connectivity index (χ2n) is 2.44. The third kappa shape index (κ3) is 1.50. The van der Waals surface area contributed by atoms with Crippen LogP contribution in [0.4, 0.5) is 22.0 Å². The molecule has 0 N–H and O–H groups in total. The van der Waals surface area contributed by atoms with E-state index in [1.165, 1.54) is 0 Å². The summed E-state index contributed by atoms with van der Waals surface area (Å²) in [6.07, 6.45) is -3.88. The Morgan fingerprint density at radius 2 is 2.00 bits per heavy atom. The van der Waals surface area contributed by atoms with Gasteiger partial charge in [0.05, 0.1) is 7.05 Å². The molecule has 0 fully saturated rings. The first-order valence-electron chi connectivity index (χ1n) is 3.26. The molecule has 0 radical (unpaired) electrons. The minimum Gasteiger partial charge on any atom is -0.207 e. The molecule has 0 saturated heterocycles. The van der Waals surface area contributed by atoms with Crippen LogP contribution in [0.5, 0.6) is 0 Å². The van der Waals surface area contributed by atoms with Crippen molar-refractivity contribution in [2.75, 3.05) is 0 Å². The van der Waals surface area contributed by atoms with Gasteiger partial charge in [0.15, 0.2) is 0 Å². The Hall–Kier alpha value is -1.14. The summed E-state index contributed by atoms with van der Waals surface area (Å²) in [5.41, 5.74) is 0. The Balaban J connectivity index is 3.14. The summed E-state index contributed by atoms with van der Waals surface area (Å²) < 4.78 is 61.5. The first-order chi connectivity index (χ1) is 5.87. The highest BCUT2D eigenvalue weighted by molar-refractivity contribution is 4.77. The minimum atomic E-state index is -4.51. The van der Waals surface area contributed by atoms with Crippen LogP contribution in [0.1, 0.15) is 0 Å². The Labute approximate surface area is 70.2 Å². The predicted octanol–water partition coefficient (Wildman–Crippen LogP) is 1.27. The summed E-state index contributed by atoms with van der Waals surface area (Å²) in [5.74, 6) is 0. The molecule has 0 aromatic carbocycles. The molecule has 1 aromatic rings. The molecule has 0 bridgehead atoms. The van der Waals surface area contributed by atoms with E-state index in [9.17, 15) is 22.0 Å². The van der Waals surface area contributed by atoms with Gasteiger partial charge < -0.3 is 0 Å². The van der Waals surface area contributed by atoms with Crippen LogP contribution in [-0.2, 0) is 13.1 Å². The zero-order valence-corrected chi connectivity index (χ0v) is 6.52. The first kappa shape index (κ1) is 9.94. The monoisotopic (exact) mass is 201 g/mol. The van der Waals surface area contributed by atoms with E-state index in [1.54, 1.807) is 0 Å². The van der Waals surface area contributed by atoms with Gasteiger partial charge in [-0.3, -0.25) is 0 Å². The van der Waals surface area contributed by atoms with Gasteiger partial charge in [0, 0.05) is 0 Å². The first-order valence-corrected chi connectivity index (χ1v) is 3.26. The van der Waals surface area contributed by atoms with Crippen molar-refractivity contribution in [3.63, 3.8) is 0 Å². The van der Waals surface area contributed by atoms with E-state index in [-0.39, 0.29) is 0 Å². The fourth-order valence-electron chi connectivity index (χ4n) is 0.787. The van der Waals surface area contributed by atoms with Crippen LogP contribution < -0.4 is 4.57 Å². The van der Waals surface area contributed by atoms with Crippen LogP contribution in [0.25, 0.3) is 0 Å². The van der Waals surface area contributed by atoms with Gasteiger partial charge in [0.25, 0.3) is 0 Å². The SMILES string of the molecule is C[n+]1ccn(C(F)(F)C(F)F)c1F. The zero-order valence-electron chi connectivity index (χ0n) is 6.52. The molecule has 0 unspecified atom stereocenters. The molecule has 0 atom stereocenters. The van der Waals surface area contributed by atoms with Gasteiger partial charge in [0.1, 0.15) is 12.4 Å². The molecule has 0 aliphatic heterocycles. The van der Waals surface area contributed by atoms with Crippen molar-refractivity contribution >= 4 is 0 Å². The van der Waals surface area contributed by atoms with E-state index in [0.29, 0.717) is 10.8 Å². The summed E-state index contributed by atoms with van der Waals surface area (Å²) in [4.78, 5) is 0. The third-order valence-electron chi connectivity index (χ3n) is 1.51.